The van der Waals surface area contributed by atoms with Crippen molar-refractivity contribution < 1.29 is 9.59 Å². The molecule has 1 aliphatic heterocycles. The molecule has 3 heterocycles. The van der Waals surface area contributed by atoms with Gasteiger partial charge < -0.3 is 4.57 Å². The Bertz CT molecular complexity index is 1070. The number of carbonyl (C=O) groups excluding carboxylic acids is 2. The molecule has 1 fully saturated rings. The quantitative estimate of drug-likeness (QED) is 0.259. The summed E-state index contributed by atoms with van der Waals surface area (Å²) in [6.07, 6.45) is 7.72. The molecule has 0 N–H and O–H groups in total. The number of rotatable bonds is 8. The number of hydrogen-bond acceptors (Lipinski definition) is 6. The lowest BCUT2D eigenvalue weighted by molar-refractivity contribution is 0.0655. The summed E-state index contributed by atoms with van der Waals surface area (Å²) in [4.78, 5) is 27.8. The van der Waals surface area contributed by atoms with Gasteiger partial charge in [0.2, 0.25) is 0 Å². The molecule has 5 rings (SSSR count). The topological polar surface area (TPSA) is 68.1 Å². The number of thiophene rings is 1. The highest BCUT2D eigenvalue weighted by Gasteiger charge is 2.34. The molecule has 0 atom stereocenters. The molecule has 8 heteroatoms. The number of benzene rings is 1. The number of imide groups is 1. The van der Waals surface area contributed by atoms with Gasteiger partial charge in [-0.3, -0.25) is 14.5 Å². The van der Waals surface area contributed by atoms with Gasteiger partial charge in [-0.1, -0.05) is 49.2 Å². The Morgan fingerprint density at radius 1 is 0.969 bits per heavy atom. The van der Waals surface area contributed by atoms with Crippen molar-refractivity contribution in [2.75, 3.05) is 12.3 Å². The number of nitrogens with zero attached hydrogens (tertiary/aromatic N) is 4. The Balaban J connectivity index is 1.24. The monoisotopic (exact) mass is 466 g/mol. The van der Waals surface area contributed by atoms with Gasteiger partial charge in [0.15, 0.2) is 5.16 Å². The molecule has 1 aromatic carbocycles. The van der Waals surface area contributed by atoms with Crippen LogP contribution >= 0.6 is 23.1 Å². The lowest BCUT2D eigenvalue weighted by atomic mass is 9.95. The number of fused-ring (bicyclic) bond motifs is 1. The molecule has 2 amide bonds. The molecule has 0 spiro atoms. The minimum Gasteiger partial charge on any atom is -0.303 e. The summed E-state index contributed by atoms with van der Waals surface area (Å²) in [5, 5.41) is 12.2. The highest BCUT2D eigenvalue weighted by molar-refractivity contribution is 7.99. The third kappa shape index (κ3) is 4.26. The van der Waals surface area contributed by atoms with Gasteiger partial charge in [-0.05, 0) is 42.8 Å². The van der Waals surface area contributed by atoms with Crippen LogP contribution in [0.3, 0.4) is 0 Å². The fourth-order valence-electron chi connectivity index (χ4n) is 4.63. The summed E-state index contributed by atoms with van der Waals surface area (Å²) in [5.74, 6) is 1.47. The molecule has 0 unspecified atom stereocenters. The maximum Gasteiger partial charge on any atom is 0.261 e. The SMILES string of the molecule is O=C1c2ccccc2C(=O)N1CCCSc1nnc(Cc2cccs2)n1C1CCCCC1. The van der Waals surface area contributed by atoms with Crippen molar-refractivity contribution in [3.63, 3.8) is 0 Å². The third-order valence-electron chi connectivity index (χ3n) is 6.22. The first-order valence-electron chi connectivity index (χ1n) is 11.3. The first kappa shape index (κ1) is 21.4. The first-order chi connectivity index (χ1) is 15.7. The zero-order valence-electron chi connectivity index (χ0n) is 17.9. The Morgan fingerprint density at radius 2 is 1.72 bits per heavy atom. The van der Waals surface area contributed by atoms with E-state index in [1.54, 1.807) is 47.4 Å². The average Bonchev–Trinajstić information content (AvgIpc) is 3.54. The van der Waals surface area contributed by atoms with Crippen LogP contribution in [0, 0.1) is 0 Å². The van der Waals surface area contributed by atoms with Crippen LogP contribution in [-0.2, 0) is 6.42 Å². The van der Waals surface area contributed by atoms with Gasteiger partial charge in [0, 0.05) is 29.6 Å². The molecule has 1 saturated carbocycles. The normalized spacial score (nSPS) is 16.7. The summed E-state index contributed by atoms with van der Waals surface area (Å²) in [7, 11) is 0. The average molecular weight is 467 g/mol. The van der Waals surface area contributed by atoms with E-state index in [1.807, 2.05) is 0 Å². The summed E-state index contributed by atoms with van der Waals surface area (Å²) in [5.41, 5.74) is 1.03. The van der Waals surface area contributed by atoms with Crippen LogP contribution in [0.4, 0.5) is 0 Å². The molecule has 2 aliphatic rings. The maximum atomic E-state index is 12.6. The molecule has 1 aliphatic carbocycles. The van der Waals surface area contributed by atoms with E-state index >= 15 is 0 Å². The van der Waals surface area contributed by atoms with Gasteiger partial charge in [0.05, 0.1) is 11.1 Å². The lowest BCUT2D eigenvalue weighted by Crippen LogP contribution is -2.31. The zero-order chi connectivity index (χ0) is 21.9. The van der Waals surface area contributed by atoms with Crippen molar-refractivity contribution in [3.8, 4) is 0 Å². The van der Waals surface area contributed by atoms with Gasteiger partial charge in [0.25, 0.3) is 11.8 Å². The summed E-state index contributed by atoms with van der Waals surface area (Å²) >= 11 is 3.44. The van der Waals surface area contributed by atoms with Gasteiger partial charge in [-0.15, -0.1) is 21.5 Å². The highest BCUT2D eigenvalue weighted by atomic mass is 32.2. The molecule has 0 saturated heterocycles. The number of thioether (sulfide) groups is 1. The van der Waals surface area contributed by atoms with Crippen LogP contribution in [0.15, 0.2) is 46.9 Å². The Hall–Kier alpha value is -2.45. The molecule has 6 nitrogen and oxygen atoms in total. The molecule has 2 aromatic heterocycles. The van der Waals surface area contributed by atoms with Crippen LogP contribution in [0.1, 0.15) is 76.0 Å². The van der Waals surface area contributed by atoms with Crippen molar-refractivity contribution in [1.82, 2.24) is 19.7 Å². The van der Waals surface area contributed by atoms with Crippen LogP contribution in [-0.4, -0.2) is 43.8 Å². The number of hydrogen-bond donors (Lipinski definition) is 0. The first-order valence-corrected chi connectivity index (χ1v) is 13.1. The van der Waals surface area contributed by atoms with Crippen molar-refractivity contribution >= 4 is 34.9 Å². The number of amides is 2. The van der Waals surface area contributed by atoms with E-state index in [0.29, 0.717) is 23.7 Å². The van der Waals surface area contributed by atoms with Crippen LogP contribution in [0.25, 0.3) is 0 Å². The van der Waals surface area contributed by atoms with Crippen LogP contribution in [0.5, 0.6) is 0 Å². The van der Waals surface area contributed by atoms with E-state index in [9.17, 15) is 9.59 Å². The highest BCUT2D eigenvalue weighted by Crippen LogP contribution is 2.34. The van der Waals surface area contributed by atoms with E-state index in [-0.39, 0.29) is 11.8 Å². The molecule has 0 bridgehead atoms. The standard InChI is InChI=1S/C24H26N4O2S2/c29-22-19-11-4-5-12-20(19)23(30)27(22)13-7-15-32-24-26-25-21(16-18-10-6-14-31-18)28(24)17-8-2-1-3-9-17/h4-6,10-12,14,17H,1-3,7-9,13,15-16H2. The zero-order valence-corrected chi connectivity index (χ0v) is 19.5. The lowest BCUT2D eigenvalue weighted by Gasteiger charge is -2.25. The van der Waals surface area contributed by atoms with Crippen molar-refractivity contribution in [3.05, 3.63) is 63.6 Å². The van der Waals surface area contributed by atoms with Crippen LogP contribution in [0.2, 0.25) is 0 Å². The molecular formula is C24H26N4O2S2. The Kier molecular flexibility index (Phi) is 6.41. The van der Waals surface area contributed by atoms with Crippen molar-refractivity contribution in [2.24, 2.45) is 0 Å². The second kappa shape index (κ2) is 9.58. The number of aromatic nitrogens is 3. The fraction of sp³-hybridized carbons (Fsp3) is 0.417. The van der Waals surface area contributed by atoms with Crippen molar-refractivity contribution in [2.45, 2.75) is 56.1 Å². The van der Waals surface area contributed by atoms with E-state index in [2.05, 4.69) is 32.3 Å². The summed E-state index contributed by atoms with van der Waals surface area (Å²) in [6.45, 7) is 0.430. The second-order valence-electron chi connectivity index (χ2n) is 8.33. The van der Waals surface area contributed by atoms with Gasteiger partial charge >= 0.3 is 0 Å². The maximum absolute atomic E-state index is 12.6. The third-order valence-corrected chi connectivity index (χ3v) is 8.13. The van der Waals surface area contributed by atoms with Gasteiger partial charge in [-0.25, -0.2) is 0 Å². The van der Waals surface area contributed by atoms with E-state index < -0.39 is 0 Å². The minimum absolute atomic E-state index is 0.181. The predicted molar refractivity (Wildman–Crippen MR) is 126 cm³/mol. The van der Waals surface area contributed by atoms with Crippen molar-refractivity contribution in [1.29, 1.82) is 0 Å². The molecule has 166 valence electrons. The smallest absolute Gasteiger partial charge is 0.261 e. The predicted octanol–water partition coefficient (Wildman–Crippen LogP) is 5.21. The second-order valence-corrected chi connectivity index (χ2v) is 10.4. The van der Waals surface area contributed by atoms with E-state index in [4.69, 9.17) is 0 Å². The molecule has 0 radical (unpaired) electrons. The largest absolute Gasteiger partial charge is 0.303 e. The van der Waals surface area contributed by atoms with E-state index in [0.717, 1.165) is 29.6 Å². The Morgan fingerprint density at radius 3 is 2.41 bits per heavy atom. The minimum atomic E-state index is -0.181. The number of carbonyl (C=O) groups is 2. The van der Waals surface area contributed by atoms with Gasteiger partial charge in [0.1, 0.15) is 5.82 Å². The molecular weight excluding hydrogens is 440 g/mol. The fourth-order valence-corrected chi connectivity index (χ4v) is 6.28. The summed E-state index contributed by atoms with van der Waals surface area (Å²) < 4.78 is 2.37. The van der Waals surface area contributed by atoms with Gasteiger partial charge in [-0.2, -0.15) is 0 Å². The molecule has 32 heavy (non-hydrogen) atoms. The Labute approximate surface area is 196 Å². The molecule has 3 aromatic rings. The van der Waals surface area contributed by atoms with E-state index in [1.165, 1.54) is 41.9 Å². The van der Waals surface area contributed by atoms with Crippen LogP contribution < -0.4 is 0 Å². The summed E-state index contributed by atoms with van der Waals surface area (Å²) in [6, 6.07) is 11.8.